The lowest BCUT2D eigenvalue weighted by Gasteiger charge is -2.10. The first kappa shape index (κ1) is 14.1. The van der Waals surface area contributed by atoms with Gasteiger partial charge in [-0.05, 0) is 37.6 Å². The van der Waals surface area contributed by atoms with Crippen molar-refractivity contribution in [2.24, 2.45) is 0 Å². The molecule has 5 heteroatoms. The Morgan fingerprint density at radius 2 is 1.86 bits per heavy atom. The summed E-state index contributed by atoms with van der Waals surface area (Å²) in [6.45, 7) is 3.87. The van der Waals surface area contributed by atoms with Crippen LogP contribution in [0.5, 0.6) is 0 Å². The monoisotopic (exact) mass is 293 g/mol. The number of carbonyl (C=O) groups excluding carboxylic acids is 1. The fourth-order valence-corrected chi connectivity index (χ4v) is 2.47. The van der Waals surface area contributed by atoms with Crippen molar-refractivity contribution in [1.82, 2.24) is 15.2 Å². The number of carbonyl (C=O) groups is 1. The van der Waals surface area contributed by atoms with Crippen LogP contribution < -0.4 is 0 Å². The Labute approximate surface area is 128 Å². The Balaban J connectivity index is 2.33. The van der Waals surface area contributed by atoms with Gasteiger partial charge in [0.2, 0.25) is 0 Å². The summed E-state index contributed by atoms with van der Waals surface area (Å²) >= 11 is 0. The minimum absolute atomic E-state index is 0.262. The fraction of sp³-hybridized carbons (Fsp3) is 0.176. The van der Waals surface area contributed by atoms with Gasteiger partial charge in [0.05, 0.1) is 24.0 Å². The van der Waals surface area contributed by atoms with Gasteiger partial charge < -0.3 is 4.74 Å². The molecule has 0 aliphatic carbocycles. The SMILES string of the molecule is COC(=O)c1cc(-c2nnc(C)cc2C)c2ccccc2n1. The summed E-state index contributed by atoms with van der Waals surface area (Å²) in [5.74, 6) is -0.468. The number of aromatic nitrogens is 3. The van der Waals surface area contributed by atoms with E-state index in [9.17, 15) is 4.79 Å². The number of rotatable bonds is 2. The predicted octanol–water partition coefficient (Wildman–Crippen LogP) is 3.10. The van der Waals surface area contributed by atoms with Gasteiger partial charge in [-0.25, -0.2) is 9.78 Å². The second-order valence-electron chi connectivity index (χ2n) is 5.08. The van der Waals surface area contributed by atoms with Crippen molar-refractivity contribution in [1.29, 1.82) is 0 Å². The molecule has 22 heavy (non-hydrogen) atoms. The Bertz CT molecular complexity index is 875. The third kappa shape index (κ3) is 2.41. The van der Waals surface area contributed by atoms with Crippen LogP contribution >= 0.6 is 0 Å². The van der Waals surface area contributed by atoms with E-state index in [4.69, 9.17) is 4.74 Å². The Morgan fingerprint density at radius 3 is 2.59 bits per heavy atom. The summed E-state index contributed by atoms with van der Waals surface area (Å²) in [7, 11) is 1.34. The van der Waals surface area contributed by atoms with Gasteiger partial charge in [0.1, 0.15) is 5.69 Å². The van der Waals surface area contributed by atoms with Crippen LogP contribution in [0.15, 0.2) is 36.4 Å². The third-order valence-corrected chi connectivity index (χ3v) is 3.47. The molecule has 3 aromatic rings. The van der Waals surface area contributed by atoms with E-state index in [1.807, 2.05) is 44.2 Å². The number of pyridine rings is 1. The molecule has 0 aliphatic rings. The molecule has 5 nitrogen and oxygen atoms in total. The van der Waals surface area contributed by atoms with Crippen molar-refractivity contribution in [3.05, 3.63) is 53.3 Å². The molecule has 3 rings (SSSR count). The van der Waals surface area contributed by atoms with Gasteiger partial charge in [0.15, 0.2) is 0 Å². The molecule has 0 bridgehead atoms. The van der Waals surface area contributed by atoms with Gasteiger partial charge in [0, 0.05) is 10.9 Å². The van der Waals surface area contributed by atoms with Crippen LogP contribution in [0, 0.1) is 13.8 Å². The highest BCUT2D eigenvalue weighted by molar-refractivity contribution is 5.99. The highest BCUT2D eigenvalue weighted by Gasteiger charge is 2.15. The Morgan fingerprint density at radius 1 is 1.09 bits per heavy atom. The van der Waals surface area contributed by atoms with Crippen molar-refractivity contribution in [2.75, 3.05) is 7.11 Å². The largest absolute Gasteiger partial charge is 0.464 e. The van der Waals surface area contributed by atoms with E-state index in [0.717, 1.165) is 33.4 Å². The average molecular weight is 293 g/mol. The lowest BCUT2D eigenvalue weighted by Crippen LogP contribution is -2.06. The molecule has 0 unspecified atom stereocenters. The summed E-state index contributed by atoms with van der Waals surface area (Å²) in [4.78, 5) is 16.2. The molecule has 2 heterocycles. The number of fused-ring (bicyclic) bond motifs is 1. The first-order valence-electron chi connectivity index (χ1n) is 6.89. The molecule has 0 saturated carbocycles. The topological polar surface area (TPSA) is 65.0 Å². The quantitative estimate of drug-likeness (QED) is 0.679. The lowest BCUT2D eigenvalue weighted by atomic mass is 10.0. The van der Waals surface area contributed by atoms with E-state index < -0.39 is 5.97 Å². The van der Waals surface area contributed by atoms with Gasteiger partial charge in [-0.15, -0.1) is 5.10 Å². The van der Waals surface area contributed by atoms with Crippen LogP contribution in [-0.4, -0.2) is 28.3 Å². The molecule has 0 saturated heterocycles. The van der Waals surface area contributed by atoms with Crippen molar-refractivity contribution in [3.63, 3.8) is 0 Å². The van der Waals surface area contributed by atoms with Crippen molar-refractivity contribution < 1.29 is 9.53 Å². The number of esters is 1. The van der Waals surface area contributed by atoms with Gasteiger partial charge in [0.25, 0.3) is 0 Å². The van der Waals surface area contributed by atoms with Crippen LogP contribution in [0.4, 0.5) is 0 Å². The Hall–Kier alpha value is -2.82. The number of nitrogens with zero attached hydrogens (tertiary/aromatic N) is 3. The molecular weight excluding hydrogens is 278 g/mol. The van der Waals surface area contributed by atoms with E-state index in [2.05, 4.69) is 15.2 Å². The molecule has 0 atom stereocenters. The molecule has 0 N–H and O–H groups in total. The van der Waals surface area contributed by atoms with E-state index >= 15 is 0 Å². The number of hydrogen-bond donors (Lipinski definition) is 0. The maximum Gasteiger partial charge on any atom is 0.356 e. The van der Waals surface area contributed by atoms with Gasteiger partial charge in [-0.1, -0.05) is 18.2 Å². The molecule has 0 spiro atoms. The van der Waals surface area contributed by atoms with Crippen LogP contribution in [0.2, 0.25) is 0 Å². The van der Waals surface area contributed by atoms with Crippen LogP contribution in [0.1, 0.15) is 21.7 Å². The van der Waals surface area contributed by atoms with E-state index in [1.54, 1.807) is 6.07 Å². The van der Waals surface area contributed by atoms with Crippen LogP contribution in [0.25, 0.3) is 22.2 Å². The summed E-state index contributed by atoms with van der Waals surface area (Å²) in [5.41, 5.74) is 4.41. The summed E-state index contributed by atoms with van der Waals surface area (Å²) in [5, 5.41) is 9.35. The maximum atomic E-state index is 11.9. The number of para-hydroxylation sites is 1. The molecule has 0 radical (unpaired) electrons. The first-order chi connectivity index (χ1) is 10.6. The normalized spacial score (nSPS) is 10.7. The summed E-state index contributed by atoms with van der Waals surface area (Å²) < 4.78 is 4.79. The zero-order valence-corrected chi connectivity index (χ0v) is 12.6. The lowest BCUT2D eigenvalue weighted by molar-refractivity contribution is 0.0594. The zero-order valence-electron chi connectivity index (χ0n) is 12.6. The van der Waals surface area contributed by atoms with Crippen LogP contribution in [0.3, 0.4) is 0 Å². The minimum atomic E-state index is -0.468. The average Bonchev–Trinajstić information content (AvgIpc) is 2.53. The van der Waals surface area contributed by atoms with Gasteiger partial charge in [-0.2, -0.15) is 5.10 Å². The first-order valence-corrected chi connectivity index (χ1v) is 6.89. The smallest absolute Gasteiger partial charge is 0.356 e. The van der Waals surface area contributed by atoms with Crippen molar-refractivity contribution in [3.8, 4) is 11.3 Å². The molecule has 0 amide bonds. The number of ether oxygens (including phenoxy) is 1. The summed E-state index contributed by atoms with van der Waals surface area (Å²) in [6, 6.07) is 11.3. The number of methoxy groups -OCH3 is 1. The molecule has 0 fully saturated rings. The van der Waals surface area contributed by atoms with E-state index in [-0.39, 0.29) is 5.69 Å². The second kappa shape index (κ2) is 5.52. The number of benzene rings is 1. The Kier molecular flexibility index (Phi) is 3.55. The zero-order chi connectivity index (χ0) is 15.7. The second-order valence-corrected chi connectivity index (χ2v) is 5.08. The third-order valence-electron chi connectivity index (χ3n) is 3.47. The standard InChI is InChI=1S/C17H15N3O2/c1-10-8-11(2)19-20-16(10)13-9-15(17(21)22-3)18-14-7-5-4-6-12(13)14/h4-9H,1-3H3. The number of aryl methyl sites for hydroxylation is 2. The molecule has 0 aliphatic heterocycles. The van der Waals surface area contributed by atoms with Crippen LogP contribution in [-0.2, 0) is 4.74 Å². The molecule has 1 aromatic carbocycles. The summed E-state index contributed by atoms with van der Waals surface area (Å²) in [6.07, 6.45) is 0. The highest BCUT2D eigenvalue weighted by atomic mass is 16.5. The van der Waals surface area contributed by atoms with Crippen molar-refractivity contribution >= 4 is 16.9 Å². The van der Waals surface area contributed by atoms with E-state index in [1.165, 1.54) is 7.11 Å². The minimum Gasteiger partial charge on any atom is -0.464 e. The van der Waals surface area contributed by atoms with Crippen molar-refractivity contribution in [2.45, 2.75) is 13.8 Å². The molecular formula is C17H15N3O2. The molecule has 2 aromatic heterocycles. The van der Waals surface area contributed by atoms with Gasteiger partial charge in [-0.3, -0.25) is 0 Å². The fourth-order valence-electron chi connectivity index (χ4n) is 2.47. The molecule has 110 valence electrons. The maximum absolute atomic E-state index is 11.9. The number of hydrogen-bond acceptors (Lipinski definition) is 5. The highest BCUT2D eigenvalue weighted by Crippen LogP contribution is 2.29. The predicted molar refractivity (Wildman–Crippen MR) is 83.6 cm³/mol. The van der Waals surface area contributed by atoms with Gasteiger partial charge >= 0.3 is 5.97 Å². The van der Waals surface area contributed by atoms with E-state index in [0.29, 0.717) is 0 Å².